The smallest absolute Gasteiger partial charge is 0.327 e. The topological polar surface area (TPSA) is 74.7 Å². The summed E-state index contributed by atoms with van der Waals surface area (Å²) >= 11 is 0. The summed E-state index contributed by atoms with van der Waals surface area (Å²) in [6, 6.07) is 8.79. The van der Waals surface area contributed by atoms with Crippen LogP contribution >= 0.6 is 0 Å². The first-order chi connectivity index (χ1) is 10.6. The molecule has 0 aliphatic carbocycles. The highest BCUT2D eigenvalue weighted by Crippen LogP contribution is 2.13. The molecule has 2 amide bonds. The fraction of sp³-hybridized carbons (Fsp3) is 0.500. The third-order valence-corrected chi connectivity index (χ3v) is 2.91. The lowest BCUT2D eigenvalue weighted by molar-refractivity contribution is -0.138. The SMILES string of the molecule is CCOC(CCNC(=O)N(C(C)=N)c1ccccc1)OCC. The Morgan fingerprint density at radius 3 is 2.32 bits per heavy atom. The highest BCUT2D eigenvalue weighted by Gasteiger charge is 2.17. The van der Waals surface area contributed by atoms with Crippen LogP contribution in [-0.4, -0.2) is 37.9 Å². The van der Waals surface area contributed by atoms with Crippen LogP contribution in [0.1, 0.15) is 27.2 Å². The number of nitrogens with zero attached hydrogens (tertiary/aromatic N) is 1. The minimum absolute atomic E-state index is 0.162. The number of amidine groups is 1. The van der Waals surface area contributed by atoms with Gasteiger partial charge in [0, 0.05) is 26.2 Å². The first-order valence-corrected chi connectivity index (χ1v) is 7.51. The Morgan fingerprint density at radius 1 is 1.23 bits per heavy atom. The Balaban J connectivity index is 2.56. The maximum atomic E-state index is 12.3. The molecule has 0 atom stereocenters. The summed E-state index contributed by atoms with van der Waals surface area (Å²) in [4.78, 5) is 13.6. The molecule has 0 fully saturated rings. The van der Waals surface area contributed by atoms with Crippen LogP contribution in [0.4, 0.5) is 10.5 Å². The molecule has 122 valence electrons. The lowest BCUT2D eigenvalue weighted by Gasteiger charge is -2.23. The van der Waals surface area contributed by atoms with E-state index in [1.165, 1.54) is 4.90 Å². The molecule has 2 N–H and O–H groups in total. The van der Waals surface area contributed by atoms with Crippen LogP contribution in [-0.2, 0) is 9.47 Å². The van der Waals surface area contributed by atoms with Gasteiger partial charge in [0.2, 0.25) is 0 Å². The lowest BCUT2D eigenvalue weighted by Crippen LogP contribution is -2.43. The molecule has 0 aromatic heterocycles. The third-order valence-electron chi connectivity index (χ3n) is 2.91. The Hall–Kier alpha value is -1.92. The van der Waals surface area contributed by atoms with E-state index in [0.29, 0.717) is 31.9 Å². The van der Waals surface area contributed by atoms with Gasteiger partial charge in [0.25, 0.3) is 0 Å². The van der Waals surface area contributed by atoms with Crippen molar-refractivity contribution in [2.45, 2.75) is 33.5 Å². The number of hydrogen-bond donors (Lipinski definition) is 2. The van der Waals surface area contributed by atoms with Gasteiger partial charge in [-0.25, -0.2) is 4.79 Å². The van der Waals surface area contributed by atoms with Crippen LogP contribution in [0.25, 0.3) is 0 Å². The predicted molar refractivity (Wildman–Crippen MR) is 87.4 cm³/mol. The molecule has 0 radical (unpaired) electrons. The molecule has 0 aliphatic heterocycles. The molecule has 1 aromatic rings. The van der Waals surface area contributed by atoms with Crippen molar-refractivity contribution in [1.29, 1.82) is 5.41 Å². The van der Waals surface area contributed by atoms with E-state index in [2.05, 4.69) is 5.32 Å². The molecule has 1 rings (SSSR count). The van der Waals surface area contributed by atoms with Gasteiger partial charge in [-0.05, 0) is 32.9 Å². The zero-order valence-corrected chi connectivity index (χ0v) is 13.5. The van der Waals surface area contributed by atoms with Gasteiger partial charge in [0.05, 0.1) is 5.69 Å². The quantitative estimate of drug-likeness (QED) is 0.440. The Labute approximate surface area is 131 Å². The molecule has 6 heteroatoms. The monoisotopic (exact) mass is 307 g/mol. The van der Waals surface area contributed by atoms with Crippen LogP contribution in [0.2, 0.25) is 0 Å². The van der Waals surface area contributed by atoms with E-state index in [9.17, 15) is 4.79 Å². The summed E-state index contributed by atoms with van der Waals surface area (Å²) in [5.41, 5.74) is 0.665. The van der Waals surface area contributed by atoms with Crippen LogP contribution in [0.15, 0.2) is 30.3 Å². The predicted octanol–water partition coefficient (Wildman–Crippen LogP) is 2.99. The standard InChI is InChI=1S/C16H25N3O3/c1-4-21-15(22-5-2)11-12-18-16(20)19(13(3)17)14-9-7-6-8-10-14/h6-10,15,17H,4-5,11-12H2,1-3H3,(H,18,20). The van der Waals surface area contributed by atoms with Gasteiger partial charge >= 0.3 is 6.03 Å². The number of rotatable bonds is 8. The average Bonchev–Trinajstić information content (AvgIpc) is 2.48. The Morgan fingerprint density at radius 2 is 1.82 bits per heavy atom. The minimum atomic E-state index is -0.328. The highest BCUT2D eigenvalue weighted by atomic mass is 16.7. The Kier molecular flexibility index (Phi) is 8.17. The van der Waals surface area contributed by atoms with Crippen LogP contribution in [0, 0.1) is 5.41 Å². The second kappa shape index (κ2) is 9.92. The largest absolute Gasteiger partial charge is 0.353 e. The summed E-state index contributed by atoms with van der Waals surface area (Å²) in [6.07, 6.45) is 0.245. The highest BCUT2D eigenvalue weighted by molar-refractivity contribution is 6.14. The third kappa shape index (κ3) is 5.83. The zero-order chi connectivity index (χ0) is 16.4. The van der Waals surface area contributed by atoms with Crippen molar-refractivity contribution in [3.63, 3.8) is 0 Å². The molecular formula is C16H25N3O3. The maximum absolute atomic E-state index is 12.3. The van der Waals surface area contributed by atoms with Gasteiger partial charge in [-0.1, -0.05) is 18.2 Å². The van der Waals surface area contributed by atoms with Crippen LogP contribution in [0.5, 0.6) is 0 Å². The molecule has 0 aliphatic rings. The van der Waals surface area contributed by atoms with Gasteiger partial charge in [-0.15, -0.1) is 0 Å². The van der Waals surface area contributed by atoms with Gasteiger partial charge in [0.1, 0.15) is 5.84 Å². The molecule has 0 unspecified atom stereocenters. The number of hydrogen-bond acceptors (Lipinski definition) is 4. The number of para-hydroxylation sites is 1. The molecular weight excluding hydrogens is 282 g/mol. The summed E-state index contributed by atoms with van der Waals surface area (Å²) in [6.45, 7) is 6.93. The van der Waals surface area contributed by atoms with E-state index in [1.54, 1.807) is 19.1 Å². The van der Waals surface area contributed by atoms with E-state index in [-0.39, 0.29) is 18.2 Å². The van der Waals surface area contributed by atoms with E-state index < -0.39 is 0 Å². The molecule has 0 bridgehead atoms. The van der Waals surface area contributed by atoms with Crippen molar-refractivity contribution in [1.82, 2.24) is 5.32 Å². The van der Waals surface area contributed by atoms with Crippen molar-refractivity contribution in [2.24, 2.45) is 0 Å². The summed E-state index contributed by atoms with van der Waals surface area (Å²) < 4.78 is 10.9. The number of carbonyl (C=O) groups is 1. The van der Waals surface area contributed by atoms with Crippen molar-refractivity contribution < 1.29 is 14.3 Å². The number of ether oxygens (including phenoxy) is 2. The molecule has 6 nitrogen and oxygen atoms in total. The summed E-state index contributed by atoms with van der Waals surface area (Å²) in [5, 5.41) is 10.6. The van der Waals surface area contributed by atoms with Gasteiger partial charge in [-0.3, -0.25) is 10.3 Å². The number of amides is 2. The fourth-order valence-corrected chi connectivity index (χ4v) is 2.00. The second-order valence-corrected chi connectivity index (χ2v) is 4.62. The molecule has 1 aromatic carbocycles. The normalized spacial score (nSPS) is 10.5. The second-order valence-electron chi connectivity index (χ2n) is 4.62. The Bertz CT molecular complexity index is 459. The summed E-state index contributed by atoms with van der Waals surface area (Å²) in [7, 11) is 0. The number of anilines is 1. The summed E-state index contributed by atoms with van der Waals surface area (Å²) in [5.74, 6) is 0.162. The maximum Gasteiger partial charge on any atom is 0.327 e. The minimum Gasteiger partial charge on any atom is -0.353 e. The number of nitrogens with one attached hydrogen (secondary N) is 2. The number of urea groups is 1. The molecule has 0 saturated heterocycles. The van der Waals surface area contributed by atoms with E-state index in [4.69, 9.17) is 14.9 Å². The van der Waals surface area contributed by atoms with Crippen molar-refractivity contribution >= 4 is 17.6 Å². The fourth-order valence-electron chi connectivity index (χ4n) is 2.00. The van der Waals surface area contributed by atoms with Crippen LogP contribution in [0.3, 0.4) is 0 Å². The van der Waals surface area contributed by atoms with Crippen molar-refractivity contribution in [2.75, 3.05) is 24.7 Å². The van der Waals surface area contributed by atoms with E-state index in [1.807, 2.05) is 32.0 Å². The molecule has 0 saturated carbocycles. The van der Waals surface area contributed by atoms with Crippen LogP contribution < -0.4 is 10.2 Å². The molecule has 22 heavy (non-hydrogen) atoms. The zero-order valence-electron chi connectivity index (χ0n) is 13.5. The number of carbonyl (C=O) groups excluding carboxylic acids is 1. The average molecular weight is 307 g/mol. The van der Waals surface area contributed by atoms with E-state index >= 15 is 0 Å². The van der Waals surface area contributed by atoms with Crippen molar-refractivity contribution in [3.05, 3.63) is 30.3 Å². The van der Waals surface area contributed by atoms with Crippen molar-refractivity contribution in [3.8, 4) is 0 Å². The lowest BCUT2D eigenvalue weighted by atomic mass is 10.3. The van der Waals surface area contributed by atoms with E-state index in [0.717, 1.165) is 0 Å². The van der Waals surface area contributed by atoms with Gasteiger partial charge in [0.15, 0.2) is 6.29 Å². The number of benzene rings is 1. The molecule has 0 spiro atoms. The van der Waals surface area contributed by atoms with Gasteiger partial charge in [-0.2, -0.15) is 0 Å². The van der Waals surface area contributed by atoms with Gasteiger partial charge < -0.3 is 14.8 Å². The first-order valence-electron chi connectivity index (χ1n) is 7.51. The first kappa shape index (κ1) is 18.1. The molecule has 0 heterocycles.